The summed E-state index contributed by atoms with van der Waals surface area (Å²) in [6.45, 7) is 0.353. The van der Waals surface area contributed by atoms with E-state index in [-0.39, 0.29) is 40.1 Å². The number of aromatic nitrogens is 2. The summed E-state index contributed by atoms with van der Waals surface area (Å²) >= 11 is 3.50. The number of benzene rings is 2. The van der Waals surface area contributed by atoms with E-state index in [0.717, 1.165) is 10.7 Å². The van der Waals surface area contributed by atoms with Crippen LogP contribution in [0.25, 0.3) is 10.9 Å². The first-order valence-electron chi connectivity index (χ1n) is 12.9. The lowest BCUT2D eigenvalue weighted by Gasteiger charge is -2.39. The number of rotatable bonds is 11. The van der Waals surface area contributed by atoms with Crippen LogP contribution in [0.15, 0.2) is 64.1 Å². The molecule has 0 amide bonds. The summed E-state index contributed by atoms with van der Waals surface area (Å²) < 4.78 is 58.7. The Morgan fingerprint density at radius 2 is 1.74 bits per heavy atom. The Balaban J connectivity index is 2.16. The molecule has 4 rings (SSSR count). The minimum atomic E-state index is -3.82. The van der Waals surface area contributed by atoms with Crippen LogP contribution in [0.4, 0.5) is 4.39 Å². The van der Waals surface area contributed by atoms with Gasteiger partial charge in [-0.15, -0.1) is 0 Å². The highest BCUT2D eigenvalue weighted by Gasteiger charge is 2.45. The van der Waals surface area contributed by atoms with Crippen molar-refractivity contribution in [2.75, 3.05) is 48.2 Å². The predicted molar refractivity (Wildman–Crippen MR) is 162 cm³/mol. The van der Waals surface area contributed by atoms with Crippen molar-refractivity contribution in [2.45, 2.75) is 23.0 Å². The summed E-state index contributed by atoms with van der Waals surface area (Å²) in [5, 5.41) is 13.4. The van der Waals surface area contributed by atoms with E-state index < -0.39 is 27.2 Å². The fourth-order valence-corrected chi connectivity index (χ4v) is 5.96. The van der Waals surface area contributed by atoms with Gasteiger partial charge in [-0.3, -0.25) is 0 Å². The maximum Gasteiger partial charge on any atom is 0.217 e. The van der Waals surface area contributed by atoms with Crippen molar-refractivity contribution in [2.24, 2.45) is 0 Å². The van der Waals surface area contributed by atoms with Gasteiger partial charge in [0.25, 0.3) is 0 Å². The minimum Gasteiger partial charge on any atom is -0.494 e. The fraction of sp³-hybridized carbons (Fsp3) is 0.333. The maximum atomic E-state index is 16.2. The van der Waals surface area contributed by atoms with Crippen LogP contribution in [-0.2, 0) is 15.4 Å². The van der Waals surface area contributed by atoms with E-state index in [4.69, 9.17) is 19.2 Å². The third-order valence-electron chi connectivity index (χ3n) is 7.08. The van der Waals surface area contributed by atoms with E-state index in [2.05, 4.69) is 20.9 Å². The van der Waals surface area contributed by atoms with Gasteiger partial charge in [-0.2, -0.15) is 0 Å². The van der Waals surface area contributed by atoms with Gasteiger partial charge in [-0.05, 0) is 62.5 Å². The number of fused-ring (bicyclic) bond motifs is 1. The monoisotopic (exact) mass is 661 g/mol. The number of hydrogen-bond donors (Lipinski definition) is 1. The molecule has 0 fully saturated rings. The van der Waals surface area contributed by atoms with Crippen LogP contribution in [0.5, 0.6) is 17.5 Å². The highest BCUT2D eigenvalue weighted by atomic mass is 79.9. The highest BCUT2D eigenvalue weighted by Crippen LogP contribution is 2.49. The third kappa shape index (κ3) is 6.36. The molecule has 0 aliphatic heterocycles. The van der Waals surface area contributed by atoms with Crippen molar-refractivity contribution in [3.63, 3.8) is 0 Å². The molecular weight excluding hydrogens is 629 g/mol. The van der Waals surface area contributed by atoms with E-state index in [1.165, 1.54) is 39.5 Å². The Kier molecular flexibility index (Phi) is 9.41. The zero-order valence-corrected chi connectivity index (χ0v) is 26.6. The van der Waals surface area contributed by atoms with Crippen LogP contribution in [0, 0.1) is 5.82 Å². The fourth-order valence-electron chi connectivity index (χ4n) is 4.98. The molecule has 42 heavy (non-hydrogen) atoms. The predicted octanol–water partition coefficient (Wildman–Crippen LogP) is 4.93. The van der Waals surface area contributed by atoms with Crippen molar-refractivity contribution in [3.8, 4) is 17.5 Å². The van der Waals surface area contributed by atoms with E-state index in [0.29, 0.717) is 23.0 Å². The number of nitrogens with zero attached hydrogens (tertiary/aromatic N) is 3. The molecule has 0 aliphatic carbocycles. The van der Waals surface area contributed by atoms with Gasteiger partial charge >= 0.3 is 0 Å². The Labute approximate surface area is 253 Å². The van der Waals surface area contributed by atoms with Gasteiger partial charge in [0.1, 0.15) is 5.60 Å². The Morgan fingerprint density at radius 1 is 1.00 bits per heavy atom. The van der Waals surface area contributed by atoms with E-state index in [1.807, 2.05) is 37.2 Å². The first-order chi connectivity index (χ1) is 19.8. The molecule has 0 spiro atoms. The largest absolute Gasteiger partial charge is 0.494 e. The standard InChI is InChI=1S/C30H33BrFN3O6S/c1-35(2)13-12-30(36,19-16-25(40-4)34-26(17-19)42(6,37)38)27(21-8-7-9-24(39-3)28(21)32)22-15-18-14-20(31)10-11-23(18)33-29(22)41-5/h7-11,14-17,27,36H,12-13H2,1-6H3/t27-,30-/m1/s1. The van der Waals surface area contributed by atoms with Crippen LogP contribution in [-0.4, -0.2) is 76.6 Å². The molecule has 2 heterocycles. The number of pyridine rings is 2. The molecular formula is C30H33BrFN3O6S. The average Bonchev–Trinajstić information content (AvgIpc) is 2.95. The number of methoxy groups -OCH3 is 3. The normalized spacial score (nSPS) is 14.0. The number of aliphatic hydroxyl groups is 1. The second-order valence-electron chi connectivity index (χ2n) is 10.2. The lowest BCUT2D eigenvalue weighted by molar-refractivity contribution is 0.00229. The van der Waals surface area contributed by atoms with Crippen LogP contribution in [0.3, 0.4) is 0 Å². The van der Waals surface area contributed by atoms with Gasteiger partial charge in [0.2, 0.25) is 11.8 Å². The molecule has 4 aromatic rings. The van der Waals surface area contributed by atoms with Crippen LogP contribution < -0.4 is 14.2 Å². The second kappa shape index (κ2) is 12.5. The van der Waals surface area contributed by atoms with Gasteiger partial charge in [0.05, 0.1) is 32.8 Å². The molecule has 2 atom stereocenters. The van der Waals surface area contributed by atoms with Crippen LogP contribution in [0.2, 0.25) is 0 Å². The molecule has 12 heteroatoms. The smallest absolute Gasteiger partial charge is 0.217 e. The van der Waals surface area contributed by atoms with Crippen LogP contribution >= 0.6 is 15.9 Å². The molecule has 2 aromatic heterocycles. The van der Waals surface area contributed by atoms with Gasteiger partial charge in [-0.25, -0.2) is 22.8 Å². The Bertz CT molecular complexity index is 1720. The highest BCUT2D eigenvalue weighted by molar-refractivity contribution is 9.10. The van der Waals surface area contributed by atoms with Crippen LogP contribution in [0.1, 0.15) is 29.0 Å². The molecule has 1 N–H and O–H groups in total. The van der Waals surface area contributed by atoms with E-state index in [1.54, 1.807) is 18.2 Å². The van der Waals surface area contributed by atoms with E-state index >= 15 is 4.39 Å². The van der Waals surface area contributed by atoms with Gasteiger partial charge < -0.3 is 24.2 Å². The summed E-state index contributed by atoms with van der Waals surface area (Å²) in [6, 6.07) is 14.8. The summed E-state index contributed by atoms with van der Waals surface area (Å²) in [6.07, 6.45) is 1.07. The molecule has 2 aromatic carbocycles. The average molecular weight is 663 g/mol. The van der Waals surface area contributed by atoms with E-state index in [9.17, 15) is 13.5 Å². The second-order valence-corrected chi connectivity index (χ2v) is 13.1. The first-order valence-corrected chi connectivity index (χ1v) is 15.6. The van der Waals surface area contributed by atoms with Gasteiger partial charge in [0.15, 0.2) is 26.4 Å². The quantitative estimate of drug-likeness (QED) is 0.239. The molecule has 0 saturated carbocycles. The molecule has 0 aliphatic rings. The maximum absolute atomic E-state index is 16.2. The van der Waals surface area contributed by atoms with Crippen molar-refractivity contribution < 1.29 is 32.1 Å². The van der Waals surface area contributed by atoms with Gasteiger partial charge in [-0.1, -0.05) is 28.1 Å². The molecule has 224 valence electrons. The SMILES string of the molecule is COc1cc([C@](O)(CCN(C)C)[C@@H](c2cc3cc(Br)ccc3nc2OC)c2cccc(OC)c2F)cc(S(C)(=O)=O)n1. The molecule has 0 radical (unpaired) electrons. The Morgan fingerprint density at radius 3 is 2.36 bits per heavy atom. The molecule has 0 bridgehead atoms. The van der Waals surface area contributed by atoms with Gasteiger partial charge in [0, 0.05) is 39.9 Å². The third-order valence-corrected chi connectivity index (χ3v) is 8.55. The number of halogens is 2. The topological polar surface area (TPSA) is 111 Å². The summed E-state index contributed by atoms with van der Waals surface area (Å²) in [4.78, 5) is 10.7. The zero-order chi connectivity index (χ0) is 30.8. The molecule has 0 saturated heterocycles. The molecule has 9 nitrogen and oxygen atoms in total. The van der Waals surface area contributed by atoms with Crippen molar-refractivity contribution in [1.29, 1.82) is 0 Å². The number of ether oxygens (including phenoxy) is 3. The Hall–Kier alpha value is -3.32. The summed E-state index contributed by atoms with van der Waals surface area (Å²) in [7, 11) is 4.02. The van der Waals surface area contributed by atoms with Crippen molar-refractivity contribution in [3.05, 3.63) is 81.6 Å². The number of hydrogen-bond acceptors (Lipinski definition) is 9. The van der Waals surface area contributed by atoms with Crippen molar-refractivity contribution >= 4 is 36.7 Å². The zero-order valence-electron chi connectivity index (χ0n) is 24.2. The summed E-state index contributed by atoms with van der Waals surface area (Å²) in [5.41, 5.74) is -0.650. The first kappa shape index (κ1) is 31.6. The molecule has 0 unspecified atom stereocenters. The number of sulfone groups is 1. The lowest BCUT2D eigenvalue weighted by Crippen LogP contribution is -2.38. The van der Waals surface area contributed by atoms with Crippen molar-refractivity contribution in [1.82, 2.24) is 14.9 Å². The lowest BCUT2D eigenvalue weighted by atomic mass is 9.71. The minimum absolute atomic E-state index is 0.0198. The summed E-state index contributed by atoms with van der Waals surface area (Å²) in [5.74, 6) is -1.71.